The van der Waals surface area contributed by atoms with Crippen LogP contribution in [0.3, 0.4) is 0 Å². The molecule has 266 valence electrons. The highest BCUT2D eigenvalue weighted by molar-refractivity contribution is 5.66. The van der Waals surface area contributed by atoms with E-state index in [9.17, 15) is 4.79 Å². The molecule has 0 rings (SSSR count). The van der Waals surface area contributed by atoms with Crippen LogP contribution < -0.4 is 0 Å². The summed E-state index contributed by atoms with van der Waals surface area (Å²) < 4.78 is 0. The van der Waals surface area contributed by atoms with Gasteiger partial charge in [-0.15, -0.1) is 0 Å². The first-order valence-corrected chi connectivity index (χ1v) is 19.8. The molecule has 0 aliphatic carbocycles. The third-order valence-electron chi connectivity index (χ3n) is 8.90. The van der Waals surface area contributed by atoms with Gasteiger partial charge in [-0.25, -0.2) is 0 Å². The Morgan fingerprint density at radius 2 is 0.636 bits per heavy atom. The molecule has 0 spiro atoms. The summed E-state index contributed by atoms with van der Waals surface area (Å²) in [5.41, 5.74) is 0. The molecule has 44 heavy (non-hydrogen) atoms. The quantitative estimate of drug-likeness (QED) is 0.0602. The number of aliphatic carboxylic acids is 1. The van der Waals surface area contributed by atoms with Gasteiger partial charge in [-0.1, -0.05) is 194 Å². The summed E-state index contributed by atoms with van der Waals surface area (Å²) in [4.78, 5) is 12.5. The van der Waals surface area contributed by atoms with E-state index < -0.39 is 5.97 Å². The van der Waals surface area contributed by atoms with Crippen LogP contribution in [0.1, 0.15) is 213 Å². The van der Waals surface area contributed by atoms with E-state index in [0.717, 1.165) is 19.4 Å². The van der Waals surface area contributed by atoms with Crippen molar-refractivity contribution in [1.29, 1.82) is 0 Å². The maximum Gasteiger partial charge on any atom is 0.303 e. The van der Waals surface area contributed by atoms with Gasteiger partial charge >= 0.3 is 5.97 Å². The highest BCUT2D eigenvalue weighted by Crippen LogP contribution is 2.15. The lowest BCUT2D eigenvalue weighted by Crippen LogP contribution is -2.30. The molecule has 0 aromatic carbocycles. The van der Waals surface area contributed by atoms with Crippen LogP contribution in [0.2, 0.25) is 0 Å². The summed E-state index contributed by atoms with van der Waals surface area (Å²) in [6, 6.07) is 0. The molecule has 0 atom stereocenters. The van der Waals surface area contributed by atoms with Gasteiger partial charge < -0.3 is 15.3 Å². The zero-order valence-electron chi connectivity index (χ0n) is 30.2. The fraction of sp³-hybridized carbons (Fsp3) is 0.974. The molecule has 0 unspecified atom stereocenters. The molecule has 0 aliphatic heterocycles. The average molecular weight is 628 g/mol. The topological polar surface area (TPSA) is 81.0 Å². The molecule has 0 saturated heterocycles. The predicted octanol–water partition coefficient (Wildman–Crippen LogP) is 11.5. The van der Waals surface area contributed by atoms with Crippen molar-refractivity contribution in [2.75, 3.05) is 32.8 Å². The van der Waals surface area contributed by atoms with E-state index in [4.69, 9.17) is 15.3 Å². The largest absolute Gasteiger partial charge is 0.481 e. The summed E-state index contributed by atoms with van der Waals surface area (Å²) in [6.07, 6.45) is 41.0. The van der Waals surface area contributed by atoms with Crippen LogP contribution in [-0.2, 0) is 4.79 Å². The zero-order chi connectivity index (χ0) is 32.6. The molecule has 0 bridgehead atoms. The molecule has 0 aliphatic rings. The number of carbonyl (C=O) groups is 1. The number of unbranched alkanes of at least 4 members (excludes halogenated alkanes) is 28. The van der Waals surface area contributed by atoms with Crippen LogP contribution in [0.25, 0.3) is 0 Å². The van der Waals surface area contributed by atoms with Crippen LogP contribution in [-0.4, -0.2) is 59.0 Å². The molecule has 3 N–H and O–H groups in total. The van der Waals surface area contributed by atoms with Gasteiger partial charge in [-0.05, 0) is 19.4 Å². The van der Waals surface area contributed by atoms with Gasteiger partial charge in [0.2, 0.25) is 0 Å². The monoisotopic (exact) mass is 628 g/mol. The lowest BCUT2D eigenvalue weighted by Gasteiger charge is -2.19. The lowest BCUT2D eigenvalue weighted by molar-refractivity contribution is -0.137. The van der Waals surface area contributed by atoms with Crippen molar-refractivity contribution >= 4 is 5.97 Å². The van der Waals surface area contributed by atoms with Crippen LogP contribution in [0, 0.1) is 0 Å². The minimum absolute atomic E-state index is 0.193. The summed E-state index contributed by atoms with van der Waals surface area (Å²) in [6.45, 7) is 7.34. The van der Waals surface area contributed by atoms with E-state index in [1.54, 1.807) is 0 Å². The third kappa shape index (κ3) is 43.5. The fourth-order valence-corrected chi connectivity index (χ4v) is 5.97. The second-order valence-electron chi connectivity index (χ2n) is 13.3. The lowest BCUT2D eigenvalue weighted by atomic mass is 10.0. The Labute approximate surface area is 276 Å². The minimum Gasteiger partial charge on any atom is -0.481 e. The molecule has 0 amide bonds. The summed E-state index contributed by atoms with van der Waals surface area (Å²) in [7, 11) is 0. The van der Waals surface area contributed by atoms with E-state index in [1.807, 2.05) is 0 Å². The van der Waals surface area contributed by atoms with Crippen LogP contribution in [0.4, 0.5) is 0 Å². The van der Waals surface area contributed by atoms with Gasteiger partial charge in [0.15, 0.2) is 0 Å². The third-order valence-corrected chi connectivity index (χ3v) is 8.90. The number of carboxylic acids is 1. The number of hydrogen-bond donors (Lipinski definition) is 3. The Bertz CT molecular complexity index is 510. The smallest absolute Gasteiger partial charge is 0.303 e. The number of hydrogen-bond acceptors (Lipinski definition) is 4. The molecule has 5 nitrogen and oxygen atoms in total. The fourth-order valence-electron chi connectivity index (χ4n) is 5.97. The first-order valence-electron chi connectivity index (χ1n) is 19.8. The second kappa shape index (κ2) is 42.3. The normalized spacial score (nSPS) is 11.2. The van der Waals surface area contributed by atoms with Crippen LogP contribution in [0.5, 0.6) is 0 Å². The number of rotatable bonds is 36. The number of aliphatic hydroxyl groups is 2. The Balaban J connectivity index is 0. The molecule has 0 saturated carbocycles. The van der Waals surface area contributed by atoms with E-state index in [2.05, 4.69) is 18.7 Å². The van der Waals surface area contributed by atoms with Gasteiger partial charge in [-0.2, -0.15) is 0 Å². The van der Waals surface area contributed by atoms with Crippen molar-refractivity contribution in [1.82, 2.24) is 4.90 Å². The molecule has 0 heterocycles. The summed E-state index contributed by atoms with van der Waals surface area (Å²) >= 11 is 0. The Hall–Kier alpha value is -0.650. The zero-order valence-corrected chi connectivity index (χ0v) is 30.2. The van der Waals surface area contributed by atoms with Crippen molar-refractivity contribution < 1.29 is 20.1 Å². The van der Waals surface area contributed by atoms with E-state index in [0.29, 0.717) is 19.5 Å². The van der Waals surface area contributed by atoms with Crippen LogP contribution in [0.15, 0.2) is 0 Å². The highest BCUT2D eigenvalue weighted by atomic mass is 16.4. The first kappa shape index (κ1) is 45.5. The van der Waals surface area contributed by atoms with Crippen molar-refractivity contribution in [3.8, 4) is 0 Å². The van der Waals surface area contributed by atoms with Gasteiger partial charge in [0.05, 0.1) is 13.2 Å². The van der Waals surface area contributed by atoms with Crippen molar-refractivity contribution in [3.05, 3.63) is 0 Å². The van der Waals surface area contributed by atoms with Crippen LogP contribution >= 0.6 is 0 Å². The van der Waals surface area contributed by atoms with Gasteiger partial charge in [0, 0.05) is 19.5 Å². The minimum atomic E-state index is -0.652. The Morgan fingerprint density at radius 1 is 0.386 bits per heavy atom. The Kier molecular flexibility index (Phi) is 43.8. The SMILES string of the molecule is CCCCCCCCCCCCCCCCCCCC(=O)O.CCCCCCCCCCCCCCCN(CCO)CCO. The van der Waals surface area contributed by atoms with Crippen molar-refractivity contribution in [2.24, 2.45) is 0 Å². The van der Waals surface area contributed by atoms with Gasteiger partial charge in [-0.3, -0.25) is 9.69 Å². The van der Waals surface area contributed by atoms with Crippen molar-refractivity contribution in [2.45, 2.75) is 213 Å². The second-order valence-corrected chi connectivity index (χ2v) is 13.3. The molecule has 0 aromatic heterocycles. The maximum atomic E-state index is 10.4. The highest BCUT2D eigenvalue weighted by Gasteiger charge is 2.03. The molecule has 0 aromatic rings. The Morgan fingerprint density at radius 3 is 0.886 bits per heavy atom. The molecular formula is C39H81NO4. The number of nitrogens with zero attached hydrogens (tertiary/aromatic N) is 1. The molecular weight excluding hydrogens is 546 g/mol. The van der Waals surface area contributed by atoms with E-state index >= 15 is 0 Å². The van der Waals surface area contributed by atoms with Gasteiger partial charge in [0.1, 0.15) is 0 Å². The van der Waals surface area contributed by atoms with Crippen molar-refractivity contribution in [3.63, 3.8) is 0 Å². The standard InChI is InChI=1S/C20H40O2.C19H41NO2/c1-2-3-4-5-6-7-8-9-10-11-12-13-14-15-16-17-18-19-20(21)22;1-2-3-4-5-6-7-8-9-10-11-12-13-14-15-20(16-18-21)17-19-22/h2-19H2,1H3,(H,21,22);21-22H,2-19H2,1H3. The first-order chi connectivity index (χ1) is 21.6. The number of carboxylic acid groups (broad SMARTS) is 1. The average Bonchev–Trinajstić information content (AvgIpc) is 3.01. The van der Waals surface area contributed by atoms with Gasteiger partial charge in [0.25, 0.3) is 0 Å². The molecule has 0 fully saturated rings. The molecule has 0 radical (unpaired) electrons. The summed E-state index contributed by atoms with van der Waals surface area (Å²) in [5.74, 6) is -0.652. The number of aliphatic hydroxyl groups excluding tert-OH is 2. The maximum absolute atomic E-state index is 10.4. The predicted molar refractivity (Wildman–Crippen MR) is 193 cm³/mol. The summed E-state index contributed by atoms with van der Waals surface area (Å²) in [5, 5.41) is 26.4. The van der Waals surface area contributed by atoms with E-state index in [-0.39, 0.29) is 13.2 Å². The van der Waals surface area contributed by atoms with E-state index in [1.165, 1.54) is 180 Å². The molecule has 5 heteroatoms.